The van der Waals surface area contributed by atoms with Crippen LogP contribution in [0.2, 0.25) is 0 Å². The maximum Gasteiger partial charge on any atom is 0.408 e. The second-order valence-corrected chi connectivity index (χ2v) is 5.60. The van der Waals surface area contributed by atoms with Crippen LogP contribution in [0.15, 0.2) is 24.3 Å². The van der Waals surface area contributed by atoms with E-state index >= 15 is 0 Å². The normalized spacial score (nSPS) is 24.3. The predicted octanol–water partition coefficient (Wildman–Crippen LogP) is 1.38. The molecule has 120 valence electrons. The van der Waals surface area contributed by atoms with Crippen LogP contribution >= 0.6 is 0 Å². The number of nitrogens with one attached hydrogen (secondary N) is 1. The smallest absolute Gasteiger partial charge is 0.408 e. The summed E-state index contributed by atoms with van der Waals surface area (Å²) in [6.45, 7) is 2.14. The summed E-state index contributed by atoms with van der Waals surface area (Å²) in [5.41, 5.74) is -0.366. The minimum atomic E-state index is -1.39. The van der Waals surface area contributed by atoms with Gasteiger partial charge < -0.3 is 20.3 Å². The number of carboxylic acids is 1. The fourth-order valence-electron chi connectivity index (χ4n) is 2.71. The lowest BCUT2D eigenvalue weighted by atomic mass is 9.97. The van der Waals surface area contributed by atoms with E-state index in [4.69, 9.17) is 4.74 Å². The zero-order chi connectivity index (χ0) is 16.3. The number of carbonyl (C=O) groups is 2. The van der Waals surface area contributed by atoms with Crippen molar-refractivity contribution in [1.29, 1.82) is 0 Å². The van der Waals surface area contributed by atoms with Gasteiger partial charge in [-0.15, -0.1) is 0 Å². The fraction of sp³-hybridized carbons (Fsp3) is 0.467. The highest BCUT2D eigenvalue weighted by atomic mass is 16.5. The highest BCUT2D eigenvalue weighted by Gasteiger charge is 2.50. The lowest BCUT2D eigenvalue weighted by Gasteiger charge is -2.27. The number of amides is 1. The number of carboxylic acid groups (broad SMARTS) is 2. The molecular weight excluding hydrogens is 288 g/mol. The first-order valence-corrected chi connectivity index (χ1v) is 6.97. The lowest BCUT2D eigenvalue weighted by Crippen LogP contribution is -2.50. The first kappa shape index (κ1) is 16.1. The minimum Gasteiger partial charge on any atom is -0.497 e. The molecule has 0 aliphatic carbocycles. The van der Waals surface area contributed by atoms with Crippen LogP contribution in [0.4, 0.5) is 4.79 Å². The van der Waals surface area contributed by atoms with E-state index in [1.165, 1.54) is 6.92 Å². The molecule has 2 rings (SSSR count). The van der Waals surface area contributed by atoms with E-state index in [2.05, 4.69) is 5.32 Å². The molecule has 1 saturated heterocycles. The molecule has 3 N–H and O–H groups in total. The van der Waals surface area contributed by atoms with E-state index in [1.807, 2.05) is 24.3 Å². The van der Waals surface area contributed by atoms with E-state index in [0.29, 0.717) is 6.54 Å². The molecule has 7 nitrogen and oxygen atoms in total. The number of benzene rings is 1. The molecule has 0 radical (unpaired) electrons. The van der Waals surface area contributed by atoms with Crippen LogP contribution in [-0.2, 0) is 11.3 Å². The number of nitrogens with zero attached hydrogens (tertiary/aromatic N) is 1. The predicted molar refractivity (Wildman–Crippen MR) is 79.0 cm³/mol. The standard InChI is InChI=1S/C15H20N2O5/c1-15(13(18)19)7-11(9-17(15)14(20)21)16-8-10-3-5-12(22-2)6-4-10/h3-6,11,16H,7-9H2,1-2H3,(H,18,19)(H,20,21)/t11-,15-/m0/s1. The van der Waals surface area contributed by atoms with E-state index < -0.39 is 17.6 Å². The van der Waals surface area contributed by atoms with Crippen molar-refractivity contribution in [3.05, 3.63) is 29.8 Å². The Balaban J connectivity index is 1.99. The molecule has 1 aromatic carbocycles. The SMILES string of the molecule is COc1ccc(CN[C@@H]2CN(C(=O)O)[C@](C)(C(=O)O)C2)cc1. The molecule has 1 amide bonds. The second kappa shape index (κ2) is 6.23. The molecule has 0 saturated carbocycles. The van der Waals surface area contributed by atoms with Gasteiger partial charge in [0.2, 0.25) is 0 Å². The molecule has 1 heterocycles. The Bertz CT molecular complexity index is 560. The fourth-order valence-corrected chi connectivity index (χ4v) is 2.71. The van der Waals surface area contributed by atoms with Gasteiger partial charge in [-0.3, -0.25) is 4.90 Å². The van der Waals surface area contributed by atoms with Crippen molar-refractivity contribution < 1.29 is 24.5 Å². The molecule has 7 heteroatoms. The number of hydrogen-bond donors (Lipinski definition) is 3. The van der Waals surface area contributed by atoms with Crippen LogP contribution in [0, 0.1) is 0 Å². The molecular formula is C15H20N2O5. The molecule has 22 heavy (non-hydrogen) atoms. The van der Waals surface area contributed by atoms with Crippen molar-refractivity contribution in [3.63, 3.8) is 0 Å². The third-order valence-electron chi connectivity index (χ3n) is 4.09. The molecule has 0 bridgehead atoms. The van der Waals surface area contributed by atoms with Gasteiger partial charge in [0.05, 0.1) is 7.11 Å². The van der Waals surface area contributed by atoms with Gasteiger partial charge in [-0.1, -0.05) is 12.1 Å². The summed E-state index contributed by atoms with van der Waals surface area (Å²) in [5.74, 6) is -0.358. The van der Waals surface area contributed by atoms with Crippen molar-refractivity contribution in [1.82, 2.24) is 10.2 Å². The Morgan fingerprint density at radius 3 is 2.45 bits per heavy atom. The van der Waals surface area contributed by atoms with Crippen LogP contribution in [0.5, 0.6) is 5.75 Å². The Morgan fingerprint density at radius 1 is 1.36 bits per heavy atom. The van der Waals surface area contributed by atoms with Gasteiger partial charge in [0.25, 0.3) is 0 Å². The summed E-state index contributed by atoms with van der Waals surface area (Å²) in [7, 11) is 1.60. The van der Waals surface area contributed by atoms with Crippen molar-refractivity contribution in [2.75, 3.05) is 13.7 Å². The van der Waals surface area contributed by atoms with Gasteiger partial charge in [0, 0.05) is 19.1 Å². The quantitative estimate of drug-likeness (QED) is 0.760. The van der Waals surface area contributed by atoms with Crippen LogP contribution in [0.3, 0.4) is 0 Å². The van der Waals surface area contributed by atoms with Crippen LogP contribution < -0.4 is 10.1 Å². The number of aliphatic carboxylic acids is 1. The Morgan fingerprint density at radius 2 is 2.00 bits per heavy atom. The summed E-state index contributed by atoms with van der Waals surface area (Å²) in [6, 6.07) is 7.31. The number of rotatable bonds is 5. The molecule has 2 atom stereocenters. The van der Waals surface area contributed by atoms with Gasteiger partial charge in [-0.25, -0.2) is 9.59 Å². The minimum absolute atomic E-state index is 0.161. The number of hydrogen-bond acceptors (Lipinski definition) is 4. The zero-order valence-corrected chi connectivity index (χ0v) is 12.6. The lowest BCUT2D eigenvalue weighted by molar-refractivity contribution is -0.147. The molecule has 1 fully saturated rings. The zero-order valence-electron chi connectivity index (χ0n) is 12.6. The average Bonchev–Trinajstić information content (AvgIpc) is 2.84. The van der Waals surface area contributed by atoms with E-state index in [0.717, 1.165) is 16.2 Å². The Labute approximate surface area is 128 Å². The number of ether oxygens (including phenoxy) is 1. The van der Waals surface area contributed by atoms with Gasteiger partial charge in [0.1, 0.15) is 11.3 Å². The van der Waals surface area contributed by atoms with Crippen molar-refractivity contribution in [3.8, 4) is 5.75 Å². The van der Waals surface area contributed by atoms with Crippen molar-refractivity contribution in [2.45, 2.75) is 31.5 Å². The molecule has 1 aliphatic rings. The first-order chi connectivity index (χ1) is 10.4. The molecule has 0 aromatic heterocycles. The number of likely N-dealkylation sites (tertiary alicyclic amines) is 1. The van der Waals surface area contributed by atoms with Gasteiger partial charge in [-0.2, -0.15) is 0 Å². The molecule has 0 spiro atoms. The second-order valence-electron chi connectivity index (χ2n) is 5.60. The highest BCUT2D eigenvalue weighted by Crippen LogP contribution is 2.29. The summed E-state index contributed by atoms with van der Waals surface area (Å²) in [4.78, 5) is 23.6. The molecule has 0 unspecified atom stereocenters. The average molecular weight is 308 g/mol. The summed E-state index contributed by atoms with van der Waals surface area (Å²) < 4.78 is 5.08. The van der Waals surface area contributed by atoms with Crippen LogP contribution in [-0.4, -0.2) is 52.4 Å². The summed E-state index contributed by atoms with van der Waals surface area (Å²) in [6.07, 6.45) is -0.969. The maximum atomic E-state index is 11.4. The largest absolute Gasteiger partial charge is 0.497 e. The summed E-state index contributed by atoms with van der Waals surface area (Å²) in [5, 5.41) is 21.7. The monoisotopic (exact) mass is 308 g/mol. The van der Waals surface area contributed by atoms with Crippen LogP contribution in [0.1, 0.15) is 18.9 Å². The third kappa shape index (κ3) is 3.14. The third-order valence-corrected chi connectivity index (χ3v) is 4.09. The maximum absolute atomic E-state index is 11.4. The van der Waals surface area contributed by atoms with Crippen molar-refractivity contribution in [2.24, 2.45) is 0 Å². The summed E-state index contributed by atoms with van der Waals surface area (Å²) >= 11 is 0. The van der Waals surface area contributed by atoms with E-state index in [1.54, 1.807) is 7.11 Å². The molecule has 1 aromatic rings. The number of methoxy groups -OCH3 is 1. The highest BCUT2D eigenvalue weighted by molar-refractivity contribution is 5.84. The van der Waals surface area contributed by atoms with Gasteiger partial charge in [-0.05, 0) is 31.0 Å². The van der Waals surface area contributed by atoms with Gasteiger partial charge in [0.15, 0.2) is 0 Å². The van der Waals surface area contributed by atoms with Gasteiger partial charge >= 0.3 is 12.1 Å². The topological polar surface area (TPSA) is 99.1 Å². The Hall–Kier alpha value is -2.28. The first-order valence-electron chi connectivity index (χ1n) is 6.97. The van der Waals surface area contributed by atoms with Crippen LogP contribution in [0.25, 0.3) is 0 Å². The van der Waals surface area contributed by atoms with Crippen molar-refractivity contribution >= 4 is 12.1 Å². The molecule has 1 aliphatic heterocycles. The van der Waals surface area contributed by atoms with E-state index in [9.17, 15) is 19.8 Å². The Kier molecular flexibility index (Phi) is 4.56. The van der Waals surface area contributed by atoms with E-state index in [-0.39, 0.29) is 19.0 Å².